The van der Waals surface area contributed by atoms with Crippen molar-refractivity contribution in [1.29, 1.82) is 0 Å². The minimum Gasteiger partial charge on any atom is -0.469 e. The van der Waals surface area contributed by atoms with Crippen LogP contribution >= 0.6 is 55.1 Å². The molecule has 0 fully saturated rings. The predicted octanol–water partition coefficient (Wildman–Crippen LogP) is 8.97. The van der Waals surface area contributed by atoms with E-state index in [9.17, 15) is 24.0 Å². The number of methoxy groups -OCH3 is 1. The van der Waals surface area contributed by atoms with E-state index >= 15 is 0 Å². The summed E-state index contributed by atoms with van der Waals surface area (Å²) in [4.78, 5) is 57.8. The number of amides is 2. The molecule has 0 radical (unpaired) electrons. The van der Waals surface area contributed by atoms with E-state index in [4.69, 9.17) is 37.8 Å². The van der Waals surface area contributed by atoms with Crippen LogP contribution in [-0.2, 0) is 19.0 Å². The Hall–Kier alpha value is -4.27. The van der Waals surface area contributed by atoms with E-state index in [1.807, 2.05) is 12.1 Å². The quantitative estimate of drug-likeness (QED) is 0.0893. The number of nitrogens with one attached hydrogen (secondary N) is 2. The van der Waals surface area contributed by atoms with Crippen LogP contribution in [0.25, 0.3) is 0 Å². The Bertz CT molecular complexity index is 1580. The maximum absolute atomic E-state index is 12.2. The number of halogens is 4. The molecule has 0 aliphatic rings. The minimum absolute atomic E-state index is 0.194. The fourth-order valence-electron chi connectivity index (χ4n) is 3.57. The lowest BCUT2D eigenvalue weighted by Gasteiger charge is -2.11. The highest BCUT2D eigenvalue weighted by molar-refractivity contribution is 9.10. The first-order valence-corrected chi connectivity index (χ1v) is 17.8. The van der Waals surface area contributed by atoms with Gasteiger partial charge < -0.3 is 30.0 Å². The monoisotopic (exact) mass is 884 g/mol. The summed E-state index contributed by atoms with van der Waals surface area (Å²) in [6.45, 7) is 5.38. The molecule has 4 aromatic rings. The summed E-state index contributed by atoms with van der Waals surface area (Å²) in [6.07, 6.45) is 0. The van der Waals surface area contributed by atoms with Gasteiger partial charge in [0.2, 0.25) is 0 Å². The number of ether oxygens (including phenoxy) is 3. The molecule has 0 heterocycles. The molecule has 15 heteroatoms. The van der Waals surface area contributed by atoms with Gasteiger partial charge in [-0.1, -0.05) is 68.3 Å². The number of aliphatic hydroxyl groups is 1. The summed E-state index contributed by atoms with van der Waals surface area (Å²) >= 11 is 16.1. The van der Waals surface area contributed by atoms with Crippen LogP contribution in [0.2, 0.25) is 0 Å². The van der Waals surface area contributed by atoms with Gasteiger partial charge in [0.05, 0.1) is 48.2 Å². The zero-order chi connectivity index (χ0) is 39.5. The van der Waals surface area contributed by atoms with Crippen molar-refractivity contribution in [3.05, 3.63) is 128 Å². The number of hydrogen-bond acceptors (Lipinski definition) is 9. The standard InChI is InChI=1S/2C16H14BrNO3.C3H6O2.CH2Cl2.CH4O/c2*1-2-21-16(20)13-10-12(17)8-9-14(13)18-15(19)11-6-4-3-5-7-11;1-3(4)5-2;2-1-3;1-2/h2*3-10H,2H2,1H3,(H,18,19);1-2H3;1H2;2H,1H3. The largest absolute Gasteiger partial charge is 0.469 e. The number of hydrogen-bond donors (Lipinski definition) is 3. The third-order valence-electron chi connectivity index (χ3n) is 5.81. The number of esters is 3. The van der Waals surface area contributed by atoms with Crippen molar-refractivity contribution in [2.45, 2.75) is 20.8 Å². The molecule has 0 spiro atoms. The van der Waals surface area contributed by atoms with Crippen LogP contribution < -0.4 is 10.6 Å². The third kappa shape index (κ3) is 18.8. The summed E-state index contributed by atoms with van der Waals surface area (Å²) in [6, 6.07) is 27.7. The Morgan fingerprint density at radius 3 is 1.21 bits per heavy atom. The molecule has 280 valence electrons. The highest BCUT2D eigenvalue weighted by atomic mass is 79.9. The maximum Gasteiger partial charge on any atom is 0.340 e. The second-order valence-corrected chi connectivity index (χ2v) is 11.9. The molecule has 0 aliphatic carbocycles. The molecule has 3 N–H and O–H groups in total. The van der Waals surface area contributed by atoms with Crippen molar-refractivity contribution >= 4 is 96.2 Å². The van der Waals surface area contributed by atoms with Crippen molar-refractivity contribution in [3.63, 3.8) is 0 Å². The zero-order valence-corrected chi connectivity index (χ0v) is 33.8. The van der Waals surface area contributed by atoms with Crippen LogP contribution in [0.3, 0.4) is 0 Å². The van der Waals surface area contributed by atoms with E-state index in [1.54, 1.807) is 98.8 Å². The molecular weight excluding hydrogens is 847 g/mol. The van der Waals surface area contributed by atoms with Crippen molar-refractivity contribution in [3.8, 4) is 0 Å². The normalized spacial score (nSPS) is 9.19. The number of aliphatic hydroxyl groups excluding tert-OH is 1. The van der Waals surface area contributed by atoms with Crippen LogP contribution in [0.5, 0.6) is 0 Å². The van der Waals surface area contributed by atoms with E-state index in [-0.39, 0.29) is 36.3 Å². The number of alkyl halides is 2. The summed E-state index contributed by atoms with van der Waals surface area (Å²) in [5.74, 6) is -1.73. The Balaban J connectivity index is 0.000000798. The lowest BCUT2D eigenvalue weighted by atomic mass is 10.1. The van der Waals surface area contributed by atoms with Gasteiger partial charge in [0.1, 0.15) is 0 Å². The summed E-state index contributed by atoms with van der Waals surface area (Å²) < 4.78 is 15.6. The molecule has 4 aromatic carbocycles. The van der Waals surface area contributed by atoms with E-state index in [0.717, 1.165) is 16.1 Å². The minimum atomic E-state index is -0.470. The highest BCUT2D eigenvalue weighted by Gasteiger charge is 2.17. The van der Waals surface area contributed by atoms with Crippen LogP contribution in [0.15, 0.2) is 106 Å². The molecule has 2 amide bonds. The molecule has 0 bridgehead atoms. The van der Waals surface area contributed by atoms with Gasteiger partial charge in [-0.2, -0.15) is 0 Å². The number of carbonyl (C=O) groups is 5. The van der Waals surface area contributed by atoms with Gasteiger partial charge in [-0.15, -0.1) is 23.2 Å². The predicted molar refractivity (Wildman–Crippen MR) is 211 cm³/mol. The molecule has 11 nitrogen and oxygen atoms in total. The smallest absolute Gasteiger partial charge is 0.340 e. The average Bonchev–Trinajstić information content (AvgIpc) is 3.15. The van der Waals surface area contributed by atoms with Gasteiger partial charge >= 0.3 is 17.9 Å². The van der Waals surface area contributed by atoms with Gasteiger partial charge in [0.25, 0.3) is 11.8 Å². The van der Waals surface area contributed by atoms with Crippen LogP contribution in [0.4, 0.5) is 11.4 Å². The molecule has 4 rings (SSSR count). The van der Waals surface area contributed by atoms with Crippen LogP contribution in [0, 0.1) is 0 Å². The molecule has 0 atom stereocenters. The van der Waals surface area contributed by atoms with Crippen LogP contribution in [-0.4, -0.2) is 67.6 Å². The first-order chi connectivity index (χ1) is 24.9. The van der Waals surface area contributed by atoms with Crippen LogP contribution in [0.1, 0.15) is 62.2 Å². The van der Waals surface area contributed by atoms with Crippen molar-refractivity contribution in [1.82, 2.24) is 0 Å². The van der Waals surface area contributed by atoms with E-state index < -0.39 is 11.9 Å². The Labute approximate surface area is 330 Å². The molecule has 0 saturated carbocycles. The average molecular weight is 887 g/mol. The maximum atomic E-state index is 12.2. The number of rotatable bonds is 8. The third-order valence-corrected chi connectivity index (χ3v) is 6.80. The summed E-state index contributed by atoms with van der Waals surface area (Å²) in [5, 5.41) is 12.7. The molecule has 0 unspecified atom stereocenters. The molecule has 52 heavy (non-hydrogen) atoms. The number of carbonyl (C=O) groups excluding carboxylic acids is 5. The first-order valence-electron chi connectivity index (χ1n) is 15.2. The highest BCUT2D eigenvalue weighted by Crippen LogP contribution is 2.24. The van der Waals surface area contributed by atoms with E-state index in [2.05, 4.69) is 47.2 Å². The number of benzene rings is 4. The molecule has 0 saturated heterocycles. The van der Waals surface area contributed by atoms with Gasteiger partial charge in [-0.3, -0.25) is 14.4 Å². The topological polar surface area (TPSA) is 157 Å². The van der Waals surface area contributed by atoms with Gasteiger partial charge in [0, 0.05) is 34.1 Å². The Kier molecular flexibility index (Phi) is 26.0. The molecule has 0 aromatic heterocycles. The fraction of sp³-hybridized carbons (Fsp3) is 0.216. The van der Waals surface area contributed by atoms with Crippen molar-refractivity contribution in [2.75, 3.05) is 43.4 Å². The van der Waals surface area contributed by atoms with Crippen molar-refractivity contribution < 1.29 is 43.3 Å². The fourth-order valence-corrected chi connectivity index (χ4v) is 4.30. The molecular formula is C37H40Br2Cl2N2O9. The summed E-state index contributed by atoms with van der Waals surface area (Å²) in [5.41, 5.74) is 2.52. The second kappa shape index (κ2) is 28.3. The Morgan fingerprint density at radius 1 is 0.635 bits per heavy atom. The van der Waals surface area contributed by atoms with Gasteiger partial charge in [-0.25, -0.2) is 9.59 Å². The Morgan fingerprint density at radius 2 is 0.942 bits per heavy atom. The summed E-state index contributed by atoms with van der Waals surface area (Å²) in [7, 11) is 2.35. The van der Waals surface area contributed by atoms with Crippen molar-refractivity contribution in [2.24, 2.45) is 0 Å². The van der Waals surface area contributed by atoms with E-state index in [1.165, 1.54) is 14.0 Å². The lowest BCUT2D eigenvalue weighted by Crippen LogP contribution is -2.15. The molecule has 0 aliphatic heterocycles. The second-order valence-electron chi connectivity index (χ2n) is 9.26. The SMILES string of the molecule is CCOC(=O)c1cc(Br)ccc1NC(=O)c1ccccc1.CCOC(=O)c1cc(Br)ccc1NC(=O)c1ccccc1.CO.COC(C)=O.ClCCl. The zero-order valence-electron chi connectivity index (χ0n) is 29.1. The number of anilines is 2. The lowest BCUT2D eigenvalue weighted by molar-refractivity contribution is -0.137. The van der Waals surface area contributed by atoms with E-state index in [0.29, 0.717) is 33.6 Å². The van der Waals surface area contributed by atoms with Gasteiger partial charge in [0.15, 0.2) is 0 Å². The van der Waals surface area contributed by atoms with Gasteiger partial charge in [-0.05, 0) is 74.5 Å². The first kappa shape index (κ1) is 47.7.